The third-order valence-electron chi connectivity index (χ3n) is 4.43. The van der Waals surface area contributed by atoms with Crippen LogP contribution in [0.15, 0.2) is 36.4 Å². The van der Waals surface area contributed by atoms with E-state index in [-0.39, 0.29) is 0 Å². The van der Waals surface area contributed by atoms with E-state index in [1.165, 1.54) is 16.8 Å². The maximum absolute atomic E-state index is 5.96. The lowest BCUT2D eigenvalue weighted by molar-refractivity contribution is 0.954. The van der Waals surface area contributed by atoms with Crippen molar-refractivity contribution in [3.63, 3.8) is 0 Å². The molecule has 0 unspecified atom stereocenters. The number of halogens is 1. The Bertz CT molecular complexity index is 902. The Kier molecular flexibility index (Phi) is 3.65. The highest BCUT2D eigenvalue weighted by Crippen LogP contribution is 2.28. The summed E-state index contributed by atoms with van der Waals surface area (Å²) >= 11 is 5.96. The first-order chi connectivity index (χ1) is 11.6. The van der Waals surface area contributed by atoms with Crippen molar-refractivity contribution in [3.05, 3.63) is 58.4 Å². The summed E-state index contributed by atoms with van der Waals surface area (Å²) in [5, 5.41) is 7.85. The molecule has 1 aliphatic rings. The number of nitrogens with two attached hydrogens (primary N) is 1. The fraction of sp³-hybridized carbons (Fsp3) is 0.222. The molecule has 4 rings (SSSR count). The van der Waals surface area contributed by atoms with Gasteiger partial charge in [-0.3, -0.25) is 5.10 Å². The van der Waals surface area contributed by atoms with Gasteiger partial charge in [0.2, 0.25) is 0 Å². The van der Waals surface area contributed by atoms with Gasteiger partial charge >= 0.3 is 0 Å². The van der Waals surface area contributed by atoms with Crippen molar-refractivity contribution in [2.75, 3.05) is 24.2 Å². The van der Waals surface area contributed by atoms with Gasteiger partial charge in [-0.15, -0.1) is 0 Å². The highest BCUT2D eigenvalue weighted by Gasteiger charge is 2.16. The summed E-state index contributed by atoms with van der Waals surface area (Å²) in [6, 6.07) is 12.0. The van der Waals surface area contributed by atoms with Crippen LogP contribution in [-0.4, -0.2) is 28.8 Å². The fourth-order valence-electron chi connectivity index (χ4n) is 3.11. The summed E-state index contributed by atoms with van der Waals surface area (Å²) < 4.78 is 0. The highest BCUT2D eigenvalue weighted by atomic mass is 35.5. The molecule has 0 radical (unpaired) electrons. The number of nitrogen functional groups attached to an aromatic ring is 1. The number of H-pyrrole nitrogens is 1. The van der Waals surface area contributed by atoms with Crippen molar-refractivity contribution in [2.45, 2.75) is 12.8 Å². The van der Waals surface area contributed by atoms with Crippen LogP contribution < -0.4 is 10.6 Å². The zero-order valence-electron chi connectivity index (χ0n) is 13.4. The average molecular weight is 340 g/mol. The third kappa shape index (κ3) is 2.71. The van der Waals surface area contributed by atoms with E-state index in [9.17, 15) is 0 Å². The van der Waals surface area contributed by atoms with Gasteiger partial charge in [0.15, 0.2) is 5.82 Å². The number of rotatable bonds is 3. The Morgan fingerprint density at radius 1 is 1.25 bits per heavy atom. The predicted octanol–water partition coefficient (Wildman–Crippen LogP) is 3.29. The zero-order chi connectivity index (χ0) is 16.7. The minimum Gasteiger partial charge on any atom is -0.398 e. The molecule has 0 atom stereocenters. The SMILES string of the molecule is CN1CCc2cc(Cc3nc(-c4ccc(Cl)c(N)c4)n[nH]3)ccc21. The molecule has 2 heterocycles. The number of hydrogen-bond donors (Lipinski definition) is 2. The molecule has 0 saturated heterocycles. The van der Waals surface area contributed by atoms with Crippen LogP contribution in [0.4, 0.5) is 11.4 Å². The van der Waals surface area contributed by atoms with Crippen LogP contribution in [-0.2, 0) is 12.8 Å². The smallest absolute Gasteiger partial charge is 0.181 e. The Morgan fingerprint density at radius 2 is 2.12 bits per heavy atom. The monoisotopic (exact) mass is 339 g/mol. The van der Waals surface area contributed by atoms with Crippen molar-refractivity contribution in [2.24, 2.45) is 0 Å². The summed E-state index contributed by atoms with van der Waals surface area (Å²) in [5.41, 5.74) is 11.2. The van der Waals surface area contributed by atoms with E-state index < -0.39 is 0 Å². The number of hydrogen-bond acceptors (Lipinski definition) is 4. The lowest BCUT2D eigenvalue weighted by Crippen LogP contribution is -2.12. The second-order valence-corrected chi connectivity index (χ2v) is 6.56. The Labute approximate surface area is 145 Å². The van der Waals surface area contributed by atoms with Crippen LogP contribution in [0.2, 0.25) is 5.02 Å². The van der Waals surface area contributed by atoms with E-state index in [0.29, 0.717) is 16.5 Å². The van der Waals surface area contributed by atoms with Gasteiger partial charge in [-0.2, -0.15) is 5.10 Å². The summed E-state index contributed by atoms with van der Waals surface area (Å²) in [6.45, 7) is 1.09. The molecule has 0 spiro atoms. The fourth-order valence-corrected chi connectivity index (χ4v) is 3.23. The molecule has 0 saturated carbocycles. The van der Waals surface area contributed by atoms with E-state index in [4.69, 9.17) is 17.3 Å². The number of aromatic nitrogens is 3. The van der Waals surface area contributed by atoms with Crippen molar-refractivity contribution in [3.8, 4) is 11.4 Å². The quantitative estimate of drug-likeness (QED) is 0.718. The van der Waals surface area contributed by atoms with Crippen LogP contribution in [0, 0.1) is 0 Å². The second-order valence-electron chi connectivity index (χ2n) is 6.15. The van der Waals surface area contributed by atoms with Gasteiger partial charge in [-0.1, -0.05) is 23.7 Å². The molecule has 6 heteroatoms. The van der Waals surface area contributed by atoms with Crippen LogP contribution in [0.25, 0.3) is 11.4 Å². The number of benzene rings is 2. The van der Waals surface area contributed by atoms with Crippen LogP contribution in [0.1, 0.15) is 17.0 Å². The minimum absolute atomic E-state index is 0.531. The second kappa shape index (κ2) is 5.83. The number of aromatic amines is 1. The van der Waals surface area contributed by atoms with E-state index >= 15 is 0 Å². The molecule has 1 aromatic heterocycles. The van der Waals surface area contributed by atoms with E-state index in [1.54, 1.807) is 12.1 Å². The van der Waals surface area contributed by atoms with Gasteiger partial charge in [0, 0.05) is 31.3 Å². The molecule has 1 aliphatic heterocycles. The zero-order valence-corrected chi connectivity index (χ0v) is 14.1. The standard InChI is InChI=1S/C18H18ClN5/c1-24-7-6-12-8-11(2-5-16(12)24)9-17-21-18(23-22-17)13-3-4-14(19)15(20)10-13/h2-5,8,10H,6-7,9,20H2,1H3,(H,21,22,23). The molecule has 3 aromatic rings. The van der Waals surface area contributed by atoms with Crippen molar-refractivity contribution in [1.82, 2.24) is 15.2 Å². The number of anilines is 2. The van der Waals surface area contributed by atoms with Gasteiger partial charge in [0.25, 0.3) is 0 Å². The first-order valence-electron chi connectivity index (χ1n) is 7.90. The maximum atomic E-state index is 5.96. The number of nitrogens with one attached hydrogen (secondary N) is 1. The Morgan fingerprint density at radius 3 is 2.96 bits per heavy atom. The molecule has 0 amide bonds. The number of fused-ring (bicyclic) bond motifs is 1. The number of likely N-dealkylation sites (N-methyl/N-ethyl adjacent to an activating group) is 1. The largest absolute Gasteiger partial charge is 0.398 e. The van der Waals surface area contributed by atoms with Crippen molar-refractivity contribution >= 4 is 23.0 Å². The summed E-state index contributed by atoms with van der Waals surface area (Å²) in [4.78, 5) is 6.87. The summed E-state index contributed by atoms with van der Waals surface area (Å²) in [6.07, 6.45) is 1.83. The lowest BCUT2D eigenvalue weighted by atomic mass is 10.1. The number of nitrogens with zero attached hydrogens (tertiary/aromatic N) is 3. The van der Waals surface area contributed by atoms with Crippen molar-refractivity contribution in [1.29, 1.82) is 0 Å². The third-order valence-corrected chi connectivity index (χ3v) is 4.77. The van der Waals surface area contributed by atoms with Gasteiger partial charge in [0.05, 0.1) is 10.7 Å². The van der Waals surface area contributed by atoms with Crippen LogP contribution in [0.5, 0.6) is 0 Å². The maximum Gasteiger partial charge on any atom is 0.181 e. The molecule has 2 aromatic carbocycles. The minimum atomic E-state index is 0.531. The molecule has 0 bridgehead atoms. The summed E-state index contributed by atoms with van der Waals surface area (Å²) in [7, 11) is 2.13. The normalized spacial score (nSPS) is 13.3. The van der Waals surface area contributed by atoms with Crippen LogP contribution >= 0.6 is 11.6 Å². The molecule has 0 fully saturated rings. The molecular weight excluding hydrogens is 322 g/mol. The topological polar surface area (TPSA) is 70.8 Å². The lowest BCUT2D eigenvalue weighted by Gasteiger charge is -2.11. The van der Waals surface area contributed by atoms with E-state index in [1.807, 2.05) is 6.07 Å². The molecule has 122 valence electrons. The molecule has 5 nitrogen and oxygen atoms in total. The van der Waals surface area contributed by atoms with Gasteiger partial charge in [-0.05, 0) is 41.8 Å². The average Bonchev–Trinajstić information content (AvgIpc) is 3.17. The predicted molar refractivity (Wildman–Crippen MR) is 97.5 cm³/mol. The van der Waals surface area contributed by atoms with E-state index in [2.05, 4.69) is 45.3 Å². The Hall–Kier alpha value is -2.53. The van der Waals surface area contributed by atoms with Gasteiger partial charge in [-0.25, -0.2) is 4.98 Å². The first kappa shape index (κ1) is 15.0. The summed E-state index contributed by atoms with van der Waals surface area (Å²) in [5.74, 6) is 1.47. The highest BCUT2D eigenvalue weighted by molar-refractivity contribution is 6.33. The van der Waals surface area contributed by atoms with Gasteiger partial charge in [0.1, 0.15) is 5.82 Å². The molecule has 3 N–H and O–H groups in total. The Balaban J connectivity index is 1.56. The van der Waals surface area contributed by atoms with Gasteiger partial charge < -0.3 is 10.6 Å². The van der Waals surface area contributed by atoms with E-state index in [0.717, 1.165) is 30.8 Å². The molecule has 24 heavy (non-hydrogen) atoms. The molecule has 0 aliphatic carbocycles. The van der Waals surface area contributed by atoms with Crippen LogP contribution in [0.3, 0.4) is 0 Å². The van der Waals surface area contributed by atoms with Crippen molar-refractivity contribution < 1.29 is 0 Å². The molecular formula is C18H18ClN5. The first-order valence-corrected chi connectivity index (χ1v) is 8.27.